The van der Waals surface area contributed by atoms with Gasteiger partial charge in [-0.25, -0.2) is 4.98 Å². The molecular formula is C15H21N3O2. The molecule has 2 heterocycles. The molecule has 1 aromatic carbocycles. The minimum atomic E-state index is 0.671. The average molecular weight is 275 g/mol. The number of nitrogen functional groups attached to an aromatic ring is 1. The molecule has 1 aliphatic rings. The largest absolute Gasteiger partial charge is 0.439 e. The van der Waals surface area contributed by atoms with Gasteiger partial charge in [-0.05, 0) is 37.9 Å². The minimum absolute atomic E-state index is 0.671. The highest BCUT2D eigenvalue weighted by Gasteiger charge is 2.17. The summed E-state index contributed by atoms with van der Waals surface area (Å²) in [7, 11) is 2.10. The first-order valence-corrected chi connectivity index (χ1v) is 7.12. The highest BCUT2D eigenvalue weighted by Crippen LogP contribution is 2.22. The Hall–Kier alpha value is -1.59. The minimum Gasteiger partial charge on any atom is -0.439 e. The third-order valence-electron chi connectivity index (χ3n) is 3.81. The Morgan fingerprint density at radius 3 is 2.90 bits per heavy atom. The summed E-state index contributed by atoms with van der Waals surface area (Å²) >= 11 is 0. The Bertz CT molecular complexity index is 576. The van der Waals surface area contributed by atoms with Crippen LogP contribution < -0.4 is 5.73 Å². The van der Waals surface area contributed by atoms with Crippen LogP contribution in [0.5, 0.6) is 0 Å². The van der Waals surface area contributed by atoms with Gasteiger partial charge in [-0.3, -0.25) is 4.90 Å². The fourth-order valence-corrected chi connectivity index (χ4v) is 2.75. The van der Waals surface area contributed by atoms with Crippen LogP contribution in [0.25, 0.3) is 11.1 Å². The van der Waals surface area contributed by atoms with Gasteiger partial charge in [-0.15, -0.1) is 0 Å². The highest BCUT2D eigenvalue weighted by molar-refractivity contribution is 5.85. The predicted octanol–water partition coefficient (Wildman–Crippen LogP) is 2.27. The number of para-hydroxylation sites is 1. The van der Waals surface area contributed by atoms with E-state index in [1.165, 1.54) is 0 Å². The second-order valence-corrected chi connectivity index (χ2v) is 5.55. The molecule has 1 fully saturated rings. The number of nitrogens with two attached hydrogens (primary N) is 1. The molecule has 0 spiro atoms. The Kier molecular flexibility index (Phi) is 3.89. The van der Waals surface area contributed by atoms with Crippen molar-refractivity contribution in [1.82, 2.24) is 9.88 Å². The van der Waals surface area contributed by atoms with Crippen LogP contribution in [0.4, 0.5) is 5.69 Å². The van der Waals surface area contributed by atoms with Crippen LogP contribution in [0, 0.1) is 5.92 Å². The van der Waals surface area contributed by atoms with Crippen LogP contribution in [0.15, 0.2) is 22.6 Å². The summed E-state index contributed by atoms with van der Waals surface area (Å²) in [6.07, 6.45) is 2.29. The Balaban J connectivity index is 1.64. The van der Waals surface area contributed by atoms with Crippen molar-refractivity contribution in [3.8, 4) is 0 Å². The monoisotopic (exact) mass is 275 g/mol. The van der Waals surface area contributed by atoms with E-state index in [2.05, 4.69) is 16.9 Å². The van der Waals surface area contributed by atoms with E-state index >= 15 is 0 Å². The summed E-state index contributed by atoms with van der Waals surface area (Å²) in [5.74, 6) is 1.44. The normalized spacial score (nSPS) is 17.1. The van der Waals surface area contributed by atoms with Crippen LogP contribution >= 0.6 is 0 Å². The van der Waals surface area contributed by atoms with E-state index < -0.39 is 0 Å². The van der Waals surface area contributed by atoms with Gasteiger partial charge in [-0.1, -0.05) is 6.07 Å². The van der Waals surface area contributed by atoms with E-state index in [4.69, 9.17) is 14.9 Å². The standard InChI is InChI=1S/C15H21N3O2/c1-18(9-11-5-7-19-8-6-11)10-14-17-15-12(16)3-2-4-13(15)20-14/h2-4,11H,5-10,16H2,1H3. The zero-order chi connectivity index (χ0) is 13.9. The lowest BCUT2D eigenvalue weighted by Crippen LogP contribution is -2.29. The number of benzene rings is 1. The summed E-state index contributed by atoms with van der Waals surface area (Å²) in [6.45, 7) is 3.54. The van der Waals surface area contributed by atoms with Gasteiger partial charge in [0.25, 0.3) is 0 Å². The molecule has 0 unspecified atom stereocenters. The molecular weight excluding hydrogens is 254 g/mol. The lowest BCUT2D eigenvalue weighted by atomic mass is 10.00. The summed E-state index contributed by atoms with van der Waals surface area (Å²) < 4.78 is 11.1. The topological polar surface area (TPSA) is 64.5 Å². The molecule has 5 heteroatoms. The number of aromatic nitrogens is 1. The van der Waals surface area contributed by atoms with E-state index in [0.29, 0.717) is 18.2 Å². The first-order valence-electron chi connectivity index (χ1n) is 7.12. The number of hydrogen-bond donors (Lipinski definition) is 1. The van der Waals surface area contributed by atoms with Crippen LogP contribution in [0.2, 0.25) is 0 Å². The molecule has 3 rings (SSSR count). The van der Waals surface area contributed by atoms with Gasteiger partial charge in [-0.2, -0.15) is 0 Å². The van der Waals surface area contributed by atoms with Crippen molar-refractivity contribution in [3.05, 3.63) is 24.1 Å². The number of anilines is 1. The zero-order valence-corrected chi connectivity index (χ0v) is 11.8. The lowest BCUT2D eigenvalue weighted by molar-refractivity contribution is 0.0541. The second kappa shape index (κ2) is 5.81. The number of ether oxygens (including phenoxy) is 1. The van der Waals surface area contributed by atoms with Crippen molar-refractivity contribution in [3.63, 3.8) is 0 Å². The molecule has 108 valence electrons. The SMILES string of the molecule is CN(Cc1nc2c(N)cccc2o1)CC1CCOCC1. The fraction of sp³-hybridized carbons (Fsp3) is 0.533. The predicted molar refractivity (Wildman–Crippen MR) is 78.3 cm³/mol. The van der Waals surface area contributed by atoms with Crippen molar-refractivity contribution in [2.24, 2.45) is 5.92 Å². The number of rotatable bonds is 4. The fourth-order valence-electron chi connectivity index (χ4n) is 2.75. The molecule has 20 heavy (non-hydrogen) atoms. The molecule has 0 aliphatic carbocycles. The Morgan fingerprint density at radius 2 is 2.15 bits per heavy atom. The Labute approximate surface area is 118 Å². The van der Waals surface area contributed by atoms with Gasteiger partial charge in [0.15, 0.2) is 5.58 Å². The maximum atomic E-state index is 5.90. The molecule has 0 amide bonds. The van der Waals surface area contributed by atoms with E-state index in [1.54, 1.807) is 0 Å². The van der Waals surface area contributed by atoms with Crippen LogP contribution in [0.3, 0.4) is 0 Å². The first kappa shape index (κ1) is 13.4. The van der Waals surface area contributed by atoms with E-state index in [-0.39, 0.29) is 0 Å². The van der Waals surface area contributed by atoms with Crippen molar-refractivity contribution in [2.75, 3.05) is 32.5 Å². The van der Waals surface area contributed by atoms with E-state index in [0.717, 1.165) is 49.6 Å². The van der Waals surface area contributed by atoms with Crippen molar-refractivity contribution >= 4 is 16.8 Å². The second-order valence-electron chi connectivity index (χ2n) is 5.55. The maximum absolute atomic E-state index is 5.90. The van der Waals surface area contributed by atoms with E-state index in [1.807, 2.05) is 18.2 Å². The van der Waals surface area contributed by atoms with Crippen molar-refractivity contribution in [2.45, 2.75) is 19.4 Å². The van der Waals surface area contributed by atoms with Gasteiger partial charge in [0, 0.05) is 19.8 Å². The molecule has 1 saturated heterocycles. The molecule has 2 aromatic rings. The molecule has 0 bridgehead atoms. The zero-order valence-electron chi connectivity index (χ0n) is 11.8. The molecule has 0 radical (unpaired) electrons. The molecule has 2 N–H and O–H groups in total. The third kappa shape index (κ3) is 2.94. The van der Waals surface area contributed by atoms with Crippen molar-refractivity contribution in [1.29, 1.82) is 0 Å². The van der Waals surface area contributed by atoms with Crippen LogP contribution in [-0.2, 0) is 11.3 Å². The summed E-state index contributed by atoms with van der Waals surface area (Å²) in [5, 5.41) is 0. The highest BCUT2D eigenvalue weighted by atomic mass is 16.5. The number of fused-ring (bicyclic) bond motifs is 1. The van der Waals surface area contributed by atoms with Crippen LogP contribution in [-0.4, -0.2) is 36.7 Å². The molecule has 1 aromatic heterocycles. The number of oxazole rings is 1. The smallest absolute Gasteiger partial charge is 0.209 e. The molecule has 1 aliphatic heterocycles. The van der Waals surface area contributed by atoms with Crippen molar-refractivity contribution < 1.29 is 9.15 Å². The Morgan fingerprint density at radius 1 is 1.35 bits per heavy atom. The van der Waals surface area contributed by atoms with Gasteiger partial charge in [0.2, 0.25) is 5.89 Å². The third-order valence-corrected chi connectivity index (χ3v) is 3.81. The van der Waals surface area contributed by atoms with Crippen LogP contribution in [0.1, 0.15) is 18.7 Å². The summed E-state index contributed by atoms with van der Waals surface area (Å²) in [5.41, 5.74) is 8.10. The molecule has 5 nitrogen and oxygen atoms in total. The van der Waals surface area contributed by atoms with Gasteiger partial charge < -0.3 is 14.9 Å². The van der Waals surface area contributed by atoms with E-state index in [9.17, 15) is 0 Å². The number of hydrogen-bond acceptors (Lipinski definition) is 5. The lowest BCUT2D eigenvalue weighted by Gasteiger charge is -2.26. The summed E-state index contributed by atoms with van der Waals surface area (Å²) in [6, 6.07) is 5.64. The maximum Gasteiger partial charge on any atom is 0.209 e. The van der Waals surface area contributed by atoms with Gasteiger partial charge in [0.1, 0.15) is 5.52 Å². The average Bonchev–Trinajstić information content (AvgIpc) is 2.83. The first-order chi connectivity index (χ1) is 9.72. The summed E-state index contributed by atoms with van der Waals surface area (Å²) in [4.78, 5) is 6.75. The quantitative estimate of drug-likeness (QED) is 0.867. The molecule has 0 saturated carbocycles. The van der Waals surface area contributed by atoms with Gasteiger partial charge >= 0.3 is 0 Å². The molecule has 0 atom stereocenters. The van der Waals surface area contributed by atoms with Gasteiger partial charge in [0.05, 0.1) is 12.2 Å². The number of nitrogens with zero attached hydrogens (tertiary/aromatic N) is 2.